The van der Waals surface area contributed by atoms with E-state index < -0.39 is 0 Å². The molecule has 0 saturated carbocycles. The minimum atomic E-state index is 0.0435. The van der Waals surface area contributed by atoms with Gasteiger partial charge in [-0.15, -0.1) is 0 Å². The van der Waals surface area contributed by atoms with Gasteiger partial charge in [0.15, 0.2) is 6.29 Å². The van der Waals surface area contributed by atoms with E-state index in [1.807, 2.05) is 0 Å². The Morgan fingerprint density at radius 3 is 2.68 bits per heavy atom. The van der Waals surface area contributed by atoms with Crippen molar-refractivity contribution in [3.63, 3.8) is 0 Å². The van der Waals surface area contributed by atoms with Crippen LogP contribution < -0.4 is 4.90 Å². The van der Waals surface area contributed by atoms with E-state index in [4.69, 9.17) is 14.2 Å². The Hall–Kier alpha value is -0.160. The van der Waals surface area contributed by atoms with Crippen molar-refractivity contribution in [1.82, 2.24) is 0 Å². The van der Waals surface area contributed by atoms with Crippen molar-refractivity contribution in [2.75, 3.05) is 39.5 Å². The summed E-state index contributed by atoms with van der Waals surface area (Å²) in [4.78, 5) is 1.60. The van der Waals surface area contributed by atoms with Gasteiger partial charge in [-0.1, -0.05) is 26.7 Å². The first-order valence-corrected chi connectivity index (χ1v) is 8.01. The van der Waals surface area contributed by atoms with Crippen LogP contribution in [0, 0.1) is 5.92 Å². The Morgan fingerprint density at radius 2 is 2.00 bits per heavy atom. The molecule has 2 rings (SSSR count). The highest BCUT2D eigenvalue weighted by molar-refractivity contribution is 4.71. The molecule has 0 radical (unpaired) electrons. The molecule has 0 bridgehead atoms. The fourth-order valence-electron chi connectivity index (χ4n) is 3.01. The maximum absolute atomic E-state index is 6.13. The van der Waals surface area contributed by atoms with Crippen LogP contribution in [0.5, 0.6) is 0 Å². The van der Waals surface area contributed by atoms with Gasteiger partial charge in [0.2, 0.25) is 0 Å². The molecule has 0 aromatic rings. The molecule has 2 aliphatic heterocycles. The molecule has 112 valence electrons. The van der Waals surface area contributed by atoms with Crippen molar-refractivity contribution >= 4 is 0 Å². The van der Waals surface area contributed by atoms with Crippen LogP contribution in [0.2, 0.25) is 0 Å². The molecule has 2 aliphatic rings. The first-order valence-electron chi connectivity index (χ1n) is 8.01. The highest BCUT2D eigenvalue weighted by atomic mass is 16.7. The van der Waals surface area contributed by atoms with E-state index in [0.717, 1.165) is 45.9 Å². The second-order valence-electron chi connectivity index (χ2n) is 5.84. The molecule has 0 amide bonds. The fourth-order valence-corrected chi connectivity index (χ4v) is 3.01. The lowest BCUT2D eigenvalue weighted by molar-refractivity contribution is -0.910. The molecule has 4 heteroatoms. The fraction of sp³-hybridized carbons (Fsp3) is 1.00. The van der Waals surface area contributed by atoms with E-state index in [1.54, 1.807) is 4.90 Å². The van der Waals surface area contributed by atoms with Crippen LogP contribution in [-0.2, 0) is 14.2 Å². The van der Waals surface area contributed by atoms with Crippen molar-refractivity contribution in [2.24, 2.45) is 5.92 Å². The van der Waals surface area contributed by atoms with Gasteiger partial charge in [-0.25, -0.2) is 0 Å². The zero-order chi connectivity index (χ0) is 13.5. The van der Waals surface area contributed by atoms with Gasteiger partial charge in [0.1, 0.15) is 25.7 Å². The maximum atomic E-state index is 6.13. The van der Waals surface area contributed by atoms with Gasteiger partial charge in [0.25, 0.3) is 0 Å². The topological polar surface area (TPSA) is 32.1 Å². The third kappa shape index (κ3) is 4.71. The summed E-state index contributed by atoms with van der Waals surface area (Å²) in [6, 6.07) is 0. The van der Waals surface area contributed by atoms with E-state index in [2.05, 4.69) is 13.8 Å². The highest BCUT2D eigenvalue weighted by Gasteiger charge is 2.33. The molecule has 0 spiro atoms. The van der Waals surface area contributed by atoms with E-state index in [9.17, 15) is 0 Å². The number of rotatable bonds is 7. The molecule has 0 aromatic heterocycles. The van der Waals surface area contributed by atoms with Crippen molar-refractivity contribution in [2.45, 2.75) is 51.9 Å². The molecule has 19 heavy (non-hydrogen) atoms. The summed E-state index contributed by atoms with van der Waals surface area (Å²) in [5.74, 6) is 0.574. The number of quaternary nitrogens is 1. The van der Waals surface area contributed by atoms with Crippen LogP contribution in [0.25, 0.3) is 0 Å². The highest BCUT2D eigenvalue weighted by Crippen LogP contribution is 2.25. The Bertz CT molecular complexity index is 244. The average molecular weight is 272 g/mol. The summed E-state index contributed by atoms with van der Waals surface area (Å²) in [6.45, 7) is 10.3. The van der Waals surface area contributed by atoms with Crippen molar-refractivity contribution in [1.29, 1.82) is 0 Å². The maximum Gasteiger partial charge on any atom is 0.161 e. The van der Waals surface area contributed by atoms with Gasteiger partial charge in [-0.2, -0.15) is 0 Å². The van der Waals surface area contributed by atoms with Crippen LogP contribution >= 0.6 is 0 Å². The largest absolute Gasteiger partial charge is 0.370 e. The van der Waals surface area contributed by atoms with E-state index in [-0.39, 0.29) is 12.4 Å². The van der Waals surface area contributed by atoms with Crippen molar-refractivity contribution in [3.8, 4) is 0 Å². The SMILES string of the molecule is CCCC[C@@H](CC)[C@H]1OC[C@H](C[NH+]2CCOCC2)O1. The summed E-state index contributed by atoms with van der Waals surface area (Å²) >= 11 is 0. The average Bonchev–Trinajstić information content (AvgIpc) is 2.89. The molecule has 4 nitrogen and oxygen atoms in total. The Morgan fingerprint density at radius 1 is 1.21 bits per heavy atom. The summed E-state index contributed by atoms with van der Waals surface area (Å²) < 4.78 is 17.4. The van der Waals surface area contributed by atoms with E-state index in [0.29, 0.717) is 5.92 Å². The summed E-state index contributed by atoms with van der Waals surface area (Å²) in [5.41, 5.74) is 0. The van der Waals surface area contributed by atoms with Crippen molar-refractivity contribution < 1.29 is 19.1 Å². The van der Waals surface area contributed by atoms with E-state index >= 15 is 0 Å². The monoisotopic (exact) mass is 272 g/mol. The zero-order valence-electron chi connectivity index (χ0n) is 12.5. The third-order valence-corrected chi connectivity index (χ3v) is 4.33. The number of hydrogen-bond acceptors (Lipinski definition) is 3. The second kappa shape index (κ2) is 8.20. The number of morpholine rings is 1. The van der Waals surface area contributed by atoms with Gasteiger partial charge in [-0.3, -0.25) is 0 Å². The minimum absolute atomic E-state index is 0.0435. The van der Waals surface area contributed by atoms with Crippen LogP contribution in [-0.4, -0.2) is 51.8 Å². The molecule has 2 heterocycles. The van der Waals surface area contributed by atoms with Gasteiger partial charge < -0.3 is 19.1 Å². The minimum Gasteiger partial charge on any atom is -0.370 e. The molecule has 0 aromatic carbocycles. The molecule has 2 saturated heterocycles. The Kier molecular flexibility index (Phi) is 6.57. The summed E-state index contributed by atoms with van der Waals surface area (Å²) in [5, 5.41) is 0. The molecule has 3 atom stereocenters. The van der Waals surface area contributed by atoms with E-state index in [1.165, 1.54) is 19.3 Å². The van der Waals surface area contributed by atoms with Crippen LogP contribution in [0.4, 0.5) is 0 Å². The Labute approximate surface area is 117 Å². The van der Waals surface area contributed by atoms with Gasteiger partial charge in [0, 0.05) is 5.92 Å². The number of nitrogens with one attached hydrogen (secondary N) is 1. The van der Waals surface area contributed by atoms with Crippen LogP contribution in [0.1, 0.15) is 39.5 Å². The third-order valence-electron chi connectivity index (χ3n) is 4.33. The van der Waals surface area contributed by atoms with Gasteiger partial charge in [-0.05, 0) is 12.8 Å². The molecule has 2 fully saturated rings. The van der Waals surface area contributed by atoms with Gasteiger partial charge in [0.05, 0.1) is 19.8 Å². The Balaban J connectivity index is 1.71. The van der Waals surface area contributed by atoms with Crippen LogP contribution in [0.3, 0.4) is 0 Å². The number of ether oxygens (including phenoxy) is 3. The van der Waals surface area contributed by atoms with Crippen molar-refractivity contribution in [3.05, 3.63) is 0 Å². The standard InChI is InChI=1S/C15H29NO3/c1-3-5-6-13(4-2)15-18-12-14(19-15)11-16-7-9-17-10-8-16/h13-15H,3-12H2,1-2H3/p+1/t13-,14+,15+/m1/s1. The molecular weight excluding hydrogens is 242 g/mol. The molecular formula is C15H30NO3+. The molecule has 0 aliphatic carbocycles. The first-order chi connectivity index (χ1) is 9.33. The second-order valence-corrected chi connectivity index (χ2v) is 5.84. The normalized spacial score (nSPS) is 30.6. The molecule has 1 N–H and O–H groups in total. The zero-order valence-corrected chi connectivity index (χ0v) is 12.5. The lowest BCUT2D eigenvalue weighted by Gasteiger charge is -2.26. The summed E-state index contributed by atoms with van der Waals surface area (Å²) in [7, 11) is 0. The molecule has 0 unspecified atom stereocenters. The summed E-state index contributed by atoms with van der Waals surface area (Å²) in [6.07, 6.45) is 5.25. The first kappa shape index (κ1) is 15.2. The van der Waals surface area contributed by atoms with Gasteiger partial charge >= 0.3 is 0 Å². The number of hydrogen-bond donors (Lipinski definition) is 1. The smallest absolute Gasteiger partial charge is 0.161 e. The number of unbranched alkanes of at least 4 members (excludes halogenated alkanes) is 1. The predicted molar refractivity (Wildman–Crippen MR) is 74.3 cm³/mol. The lowest BCUT2D eigenvalue weighted by atomic mass is 9.99. The quantitative estimate of drug-likeness (QED) is 0.746. The lowest BCUT2D eigenvalue weighted by Crippen LogP contribution is -3.15. The predicted octanol–water partition coefficient (Wildman–Crippen LogP) is 0.859. The van der Waals surface area contributed by atoms with Crippen LogP contribution in [0.15, 0.2) is 0 Å².